The molecule has 1 N–H and O–H groups in total. The first kappa shape index (κ1) is 16.2. The van der Waals surface area contributed by atoms with Gasteiger partial charge in [0.05, 0.1) is 22.9 Å². The summed E-state index contributed by atoms with van der Waals surface area (Å²) in [5.74, 6) is 0.467. The molecule has 0 aromatic carbocycles. The first-order chi connectivity index (χ1) is 9.95. The number of morpholine rings is 1. The molecule has 1 aliphatic rings. The number of carbonyl (C=O) groups excluding carboxylic acids is 1. The SMILES string of the molecule is CC1CN(C(=O)NCCc2csc(C(C)C)n2)CC(C)O1. The summed E-state index contributed by atoms with van der Waals surface area (Å²) in [5.41, 5.74) is 1.06. The van der Waals surface area contributed by atoms with Crippen molar-refractivity contribution < 1.29 is 9.53 Å². The van der Waals surface area contributed by atoms with Crippen LogP contribution in [0.5, 0.6) is 0 Å². The lowest BCUT2D eigenvalue weighted by Crippen LogP contribution is -2.51. The van der Waals surface area contributed by atoms with E-state index in [9.17, 15) is 4.79 Å². The molecule has 2 atom stereocenters. The standard InChI is InChI=1S/C15H25N3O2S/c1-10(2)14-17-13(9-21-14)5-6-16-15(19)18-7-11(3)20-12(4)8-18/h9-12H,5-8H2,1-4H3,(H,16,19). The zero-order valence-electron chi connectivity index (χ0n) is 13.3. The second kappa shape index (κ2) is 7.22. The quantitative estimate of drug-likeness (QED) is 0.930. The minimum absolute atomic E-state index is 0.00341. The molecule has 2 amide bonds. The van der Waals surface area contributed by atoms with E-state index in [0.717, 1.165) is 17.1 Å². The smallest absolute Gasteiger partial charge is 0.317 e. The number of urea groups is 1. The molecule has 0 aliphatic carbocycles. The molecular formula is C15H25N3O2S. The van der Waals surface area contributed by atoms with Crippen LogP contribution < -0.4 is 5.32 Å². The Labute approximate surface area is 130 Å². The topological polar surface area (TPSA) is 54.5 Å². The van der Waals surface area contributed by atoms with Crippen LogP contribution in [0.1, 0.15) is 44.3 Å². The Kier molecular flexibility index (Phi) is 5.58. The predicted molar refractivity (Wildman–Crippen MR) is 84.9 cm³/mol. The third-order valence-corrected chi connectivity index (χ3v) is 4.62. The van der Waals surface area contributed by atoms with E-state index in [1.54, 1.807) is 11.3 Å². The highest BCUT2D eigenvalue weighted by Crippen LogP contribution is 2.19. The number of amides is 2. The van der Waals surface area contributed by atoms with Gasteiger partial charge in [-0.25, -0.2) is 9.78 Å². The molecule has 0 saturated carbocycles. The highest BCUT2D eigenvalue weighted by Gasteiger charge is 2.25. The highest BCUT2D eigenvalue weighted by molar-refractivity contribution is 7.09. The second-order valence-electron chi connectivity index (χ2n) is 5.98. The molecule has 0 bridgehead atoms. The Morgan fingerprint density at radius 2 is 2.14 bits per heavy atom. The van der Waals surface area contributed by atoms with Gasteiger partial charge in [-0.3, -0.25) is 0 Å². The fourth-order valence-electron chi connectivity index (χ4n) is 2.46. The van der Waals surface area contributed by atoms with E-state index in [1.807, 2.05) is 18.7 Å². The van der Waals surface area contributed by atoms with Gasteiger partial charge >= 0.3 is 6.03 Å². The van der Waals surface area contributed by atoms with Crippen LogP contribution >= 0.6 is 11.3 Å². The van der Waals surface area contributed by atoms with Crippen LogP contribution in [0.2, 0.25) is 0 Å². The maximum Gasteiger partial charge on any atom is 0.317 e. The van der Waals surface area contributed by atoms with Crippen molar-refractivity contribution in [2.45, 2.75) is 52.2 Å². The van der Waals surface area contributed by atoms with Gasteiger partial charge in [0.2, 0.25) is 0 Å². The lowest BCUT2D eigenvalue weighted by atomic mass is 10.2. The van der Waals surface area contributed by atoms with Crippen LogP contribution in [0.25, 0.3) is 0 Å². The molecule has 2 unspecified atom stereocenters. The third-order valence-electron chi connectivity index (χ3n) is 3.43. The van der Waals surface area contributed by atoms with E-state index in [0.29, 0.717) is 25.6 Å². The van der Waals surface area contributed by atoms with E-state index in [-0.39, 0.29) is 18.2 Å². The molecule has 1 saturated heterocycles. The van der Waals surface area contributed by atoms with E-state index in [2.05, 4.69) is 29.5 Å². The molecule has 0 radical (unpaired) electrons. The maximum absolute atomic E-state index is 12.1. The second-order valence-corrected chi connectivity index (χ2v) is 6.87. The van der Waals surface area contributed by atoms with Gasteiger partial charge in [-0.2, -0.15) is 0 Å². The zero-order valence-corrected chi connectivity index (χ0v) is 14.1. The number of rotatable bonds is 4. The molecular weight excluding hydrogens is 286 g/mol. The summed E-state index contributed by atoms with van der Waals surface area (Å²) in [6, 6.07) is -0.00341. The number of nitrogens with zero attached hydrogens (tertiary/aromatic N) is 2. The van der Waals surface area contributed by atoms with Crippen molar-refractivity contribution in [1.82, 2.24) is 15.2 Å². The summed E-state index contributed by atoms with van der Waals surface area (Å²) in [6.07, 6.45) is 0.989. The number of hydrogen-bond donors (Lipinski definition) is 1. The Hall–Kier alpha value is -1.14. The molecule has 1 aliphatic heterocycles. The maximum atomic E-state index is 12.1. The predicted octanol–water partition coefficient (Wildman–Crippen LogP) is 2.63. The van der Waals surface area contributed by atoms with Gasteiger partial charge in [0.15, 0.2) is 0 Å². The van der Waals surface area contributed by atoms with Crippen LogP contribution in [-0.4, -0.2) is 47.8 Å². The van der Waals surface area contributed by atoms with Crippen molar-refractivity contribution >= 4 is 17.4 Å². The molecule has 21 heavy (non-hydrogen) atoms. The molecule has 6 heteroatoms. The molecule has 1 fully saturated rings. The van der Waals surface area contributed by atoms with Crippen molar-refractivity contribution in [1.29, 1.82) is 0 Å². The monoisotopic (exact) mass is 311 g/mol. The number of nitrogens with one attached hydrogen (secondary N) is 1. The summed E-state index contributed by atoms with van der Waals surface area (Å²) < 4.78 is 5.64. The van der Waals surface area contributed by atoms with Crippen LogP contribution in [0, 0.1) is 0 Å². The van der Waals surface area contributed by atoms with Crippen LogP contribution in [0.15, 0.2) is 5.38 Å². The summed E-state index contributed by atoms with van der Waals surface area (Å²) in [4.78, 5) is 18.5. The number of ether oxygens (including phenoxy) is 1. The van der Waals surface area contributed by atoms with Crippen molar-refractivity contribution in [3.05, 3.63) is 16.1 Å². The van der Waals surface area contributed by atoms with Crippen molar-refractivity contribution in [3.8, 4) is 0 Å². The largest absolute Gasteiger partial charge is 0.372 e. The molecule has 118 valence electrons. The van der Waals surface area contributed by atoms with E-state index >= 15 is 0 Å². The van der Waals surface area contributed by atoms with Crippen molar-refractivity contribution in [3.63, 3.8) is 0 Å². The lowest BCUT2D eigenvalue weighted by Gasteiger charge is -2.35. The molecule has 2 rings (SSSR count). The Bertz CT molecular complexity index is 465. The van der Waals surface area contributed by atoms with Gasteiger partial charge in [-0.15, -0.1) is 11.3 Å². The number of hydrogen-bond acceptors (Lipinski definition) is 4. The Morgan fingerprint density at radius 3 is 2.71 bits per heavy atom. The Balaban J connectivity index is 1.76. The lowest BCUT2D eigenvalue weighted by molar-refractivity contribution is -0.0544. The fourth-order valence-corrected chi connectivity index (χ4v) is 3.33. The summed E-state index contributed by atoms with van der Waals surface area (Å²) in [6.45, 7) is 10.2. The minimum atomic E-state index is -0.00341. The molecule has 2 heterocycles. The first-order valence-corrected chi connectivity index (χ1v) is 8.46. The van der Waals surface area contributed by atoms with Crippen LogP contribution in [0.3, 0.4) is 0 Å². The summed E-state index contributed by atoms with van der Waals surface area (Å²) in [5, 5.41) is 6.22. The summed E-state index contributed by atoms with van der Waals surface area (Å²) >= 11 is 1.69. The molecule has 1 aromatic heterocycles. The van der Waals surface area contributed by atoms with Gasteiger partial charge in [0, 0.05) is 37.4 Å². The molecule has 0 spiro atoms. The number of thiazole rings is 1. The van der Waals surface area contributed by atoms with Crippen LogP contribution in [0.4, 0.5) is 4.79 Å². The average Bonchev–Trinajstić information content (AvgIpc) is 2.86. The van der Waals surface area contributed by atoms with Crippen molar-refractivity contribution in [2.24, 2.45) is 0 Å². The minimum Gasteiger partial charge on any atom is -0.372 e. The number of aromatic nitrogens is 1. The zero-order chi connectivity index (χ0) is 15.4. The highest BCUT2D eigenvalue weighted by atomic mass is 32.1. The van der Waals surface area contributed by atoms with Gasteiger partial charge in [-0.05, 0) is 13.8 Å². The average molecular weight is 311 g/mol. The Morgan fingerprint density at radius 1 is 1.48 bits per heavy atom. The number of carbonyl (C=O) groups is 1. The van der Waals surface area contributed by atoms with Gasteiger partial charge in [0.1, 0.15) is 0 Å². The van der Waals surface area contributed by atoms with E-state index in [4.69, 9.17) is 4.74 Å². The molecule has 5 nitrogen and oxygen atoms in total. The fraction of sp³-hybridized carbons (Fsp3) is 0.733. The molecule has 1 aromatic rings. The van der Waals surface area contributed by atoms with E-state index in [1.165, 1.54) is 0 Å². The normalized spacial score (nSPS) is 22.6. The van der Waals surface area contributed by atoms with Gasteiger partial charge in [0.25, 0.3) is 0 Å². The first-order valence-electron chi connectivity index (χ1n) is 7.58. The van der Waals surface area contributed by atoms with Gasteiger partial charge in [-0.1, -0.05) is 13.8 Å². The summed E-state index contributed by atoms with van der Waals surface area (Å²) in [7, 11) is 0. The van der Waals surface area contributed by atoms with Crippen LogP contribution in [-0.2, 0) is 11.2 Å². The van der Waals surface area contributed by atoms with E-state index < -0.39 is 0 Å². The third kappa shape index (κ3) is 4.68. The van der Waals surface area contributed by atoms with Crippen molar-refractivity contribution in [2.75, 3.05) is 19.6 Å². The van der Waals surface area contributed by atoms with Gasteiger partial charge < -0.3 is 15.0 Å².